The number of nitrogens with zero attached hydrogens (tertiary/aromatic N) is 3. The molecule has 3 nitrogen and oxygen atoms in total. The maximum absolute atomic E-state index is 10.1. The summed E-state index contributed by atoms with van der Waals surface area (Å²) in [6.45, 7) is 0. The van der Waals surface area contributed by atoms with Crippen molar-refractivity contribution >= 4 is 16.9 Å². The standard InChI is InChI=1S/C48H33N3/c49-30-33-12-4-6-18-40(33)35-26-36(41-19-7-5-13-34(41)31-50)29-39(28-35)51(37-15-2-1-3-16-37)38-17-10-14-32(27-38)42-24-25-47-44-21-9-8-20-43(44)46-23-11-22-45(42)48(46)47/h1-23,25-26,28-29,32,42H,24,27H2. The van der Waals surface area contributed by atoms with E-state index in [0.29, 0.717) is 23.0 Å². The minimum absolute atomic E-state index is 0.297. The smallest absolute Gasteiger partial charge is 0.0998 e. The van der Waals surface area contributed by atoms with Crippen molar-refractivity contribution in [3.8, 4) is 45.5 Å². The average Bonchev–Trinajstić information content (AvgIpc) is 3.53. The Labute approximate surface area is 299 Å². The number of hydrogen-bond donors (Lipinski definition) is 0. The Morgan fingerprint density at radius 2 is 1.18 bits per heavy atom. The molecule has 0 saturated heterocycles. The molecule has 240 valence electrons. The lowest BCUT2D eigenvalue weighted by Crippen LogP contribution is -2.24. The maximum Gasteiger partial charge on any atom is 0.0998 e. The summed E-state index contributed by atoms with van der Waals surface area (Å²) in [4.78, 5) is 2.36. The first kappa shape index (κ1) is 30.4. The van der Waals surface area contributed by atoms with E-state index in [4.69, 9.17) is 0 Å². The summed E-state index contributed by atoms with van der Waals surface area (Å²) >= 11 is 0. The highest BCUT2D eigenvalue weighted by Crippen LogP contribution is 2.53. The van der Waals surface area contributed by atoms with Crippen LogP contribution in [0.4, 0.5) is 11.4 Å². The van der Waals surface area contributed by atoms with Gasteiger partial charge in [-0.25, -0.2) is 0 Å². The number of hydrogen-bond acceptors (Lipinski definition) is 3. The second-order valence-corrected chi connectivity index (χ2v) is 13.4. The van der Waals surface area contributed by atoms with E-state index in [2.05, 4.69) is 126 Å². The lowest BCUT2D eigenvalue weighted by atomic mass is 9.73. The zero-order valence-corrected chi connectivity index (χ0v) is 28.0. The Morgan fingerprint density at radius 1 is 0.569 bits per heavy atom. The fourth-order valence-corrected chi connectivity index (χ4v) is 8.38. The Kier molecular flexibility index (Phi) is 7.54. The molecule has 3 aliphatic carbocycles. The third-order valence-corrected chi connectivity index (χ3v) is 10.7. The minimum atomic E-state index is 0.297. The molecular formula is C48H33N3. The quantitative estimate of drug-likeness (QED) is 0.180. The molecule has 0 N–H and O–H groups in total. The van der Waals surface area contributed by atoms with Gasteiger partial charge in [0.05, 0.1) is 23.3 Å². The summed E-state index contributed by atoms with van der Waals surface area (Å²) in [7, 11) is 0. The van der Waals surface area contributed by atoms with Gasteiger partial charge in [-0.3, -0.25) is 0 Å². The molecule has 0 amide bonds. The molecule has 2 atom stereocenters. The molecular weight excluding hydrogens is 619 g/mol. The average molecular weight is 652 g/mol. The van der Waals surface area contributed by atoms with Crippen LogP contribution in [-0.2, 0) is 0 Å². The monoisotopic (exact) mass is 651 g/mol. The van der Waals surface area contributed by atoms with Crippen LogP contribution in [0.25, 0.3) is 39.0 Å². The van der Waals surface area contributed by atoms with E-state index in [1.165, 1.54) is 39.1 Å². The lowest BCUT2D eigenvalue weighted by Gasteiger charge is -2.36. The van der Waals surface area contributed by atoms with Gasteiger partial charge in [-0.05, 0) is 129 Å². The SMILES string of the molecule is N#Cc1ccccc1-c1cc(-c2ccccc2C#N)cc(N(C2=CC=CC(C3CC=C4c5ccccc5-c5cccc3c54)C2)c2ccccc2)c1. The zero-order valence-electron chi connectivity index (χ0n) is 28.0. The molecule has 2 unspecified atom stereocenters. The first-order valence-corrected chi connectivity index (χ1v) is 17.5. The highest BCUT2D eigenvalue weighted by molar-refractivity contribution is 6.03. The van der Waals surface area contributed by atoms with Crippen LogP contribution in [0.1, 0.15) is 46.6 Å². The van der Waals surface area contributed by atoms with Gasteiger partial charge in [0.25, 0.3) is 0 Å². The van der Waals surface area contributed by atoms with E-state index >= 15 is 0 Å². The van der Waals surface area contributed by atoms with Gasteiger partial charge in [-0.15, -0.1) is 0 Å². The lowest BCUT2D eigenvalue weighted by molar-refractivity contribution is 0.495. The van der Waals surface area contributed by atoms with Crippen molar-refractivity contribution in [3.05, 3.63) is 197 Å². The predicted molar refractivity (Wildman–Crippen MR) is 207 cm³/mol. The molecule has 3 aliphatic rings. The minimum Gasteiger partial charge on any atom is -0.314 e. The second-order valence-electron chi connectivity index (χ2n) is 13.4. The predicted octanol–water partition coefficient (Wildman–Crippen LogP) is 12.0. The van der Waals surface area contributed by atoms with Crippen LogP contribution >= 0.6 is 0 Å². The fourth-order valence-electron chi connectivity index (χ4n) is 8.38. The van der Waals surface area contributed by atoms with Gasteiger partial charge in [0.1, 0.15) is 0 Å². The molecule has 0 fully saturated rings. The number of nitriles is 2. The number of para-hydroxylation sites is 1. The van der Waals surface area contributed by atoms with Crippen LogP contribution < -0.4 is 4.90 Å². The maximum atomic E-state index is 10.1. The summed E-state index contributed by atoms with van der Waals surface area (Å²) in [5.74, 6) is 0.646. The Bertz CT molecular complexity index is 2450. The molecule has 0 heterocycles. The van der Waals surface area contributed by atoms with Crippen molar-refractivity contribution in [2.75, 3.05) is 4.90 Å². The molecule has 0 bridgehead atoms. The molecule has 51 heavy (non-hydrogen) atoms. The molecule has 0 spiro atoms. The van der Waals surface area contributed by atoms with Crippen molar-refractivity contribution in [2.24, 2.45) is 5.92 Å². The molecule has 0 saturated carbocycles. The van der Waals surface area contributed by atoms with Gasteiger partial charge in [0.2, 0.25) is 0 Å². The van der Waals surface area contributed by atoms with Crippen molar-refractivity contribution in [2.45, 2.75) is 18.8 Å². The van der Waals surface area contributed by atoms with Crippen molar-refractivity contribution < 1.29 is 0 Å². The molecule has 0 radical (unpaired) electrons. The van der Waals surface area contributed by atoms with Crippen LogP contribution in [0.15, 0.2) is 170 Å². The van der Waals surface area contributed by atoms with Crippen LogP contribution in [0.2, 0.25) is 0 Å². The Hall–Kier alpha value is -6.68. The molecule has 9 rings (SSSR count). The molecule has 6 aromatic rings. The van der Waals surface area contributed by atoms with Crippen molar-refractivity contribution in [1.29, 1.82) is 10.5 Å². The van der Waals surface area contributed by atoms with Gasteiger partial charge in [0.15, 0.2) is 0 Å². The summed E-state index contributed by atoms with van der Waals surface area (Å²) in [5, 5.41) is 20.2. The number of fused-ring (bicyclic) bond motifs is 3. The third-order valence-electron chi connectivity index (χ3n) is 10.7. The summed E-state index contributed by atoms with van der Waals surface area (Å²) in [5.41, 5.74) is 16.3. The molecule has 3 heteroatoms. The normalized spacial score (nSPS) is 16.6. The molecule has 6 aromatic carbocycles. The van der Waals surface area contributed by atoms with Gasteiger partial charge >= 0.3 is 0 Å². The number of rotatable bonds is 6. The van der Waals surface area contributed by atoms with Gasteiger partial charge in [-0.2, -0.15) is 10.5 Å². The Balaban J connectivity index is 1.16. The number of anilines is 2. The van der Waals surface area contributed by atoms with Crippen LogP contribution in [0.5, 0.6) is 0 Å². The first-order valence-electron chi connectivity index (χ1n) is 17.5. The molecule has 0 aliphatic heterocycles. The topological polar surface area (TPSA) is 50.8 Å². The largest absolute Gasteiger partial charge is 0.314 e. The highest BCUT2D eigenvalue weighted by atomic mass is 15.1. The van der Waals surface area contributed by atoms with Crippen LogP contribution in [0, 0.1) is 28.6 Å². The van der Waals surface area contributed by atoms with E-state index in [1.54, 1.807) is 0 Å². The third kappa shape index (κ3) is 5.19. The van der Waals surface area contributed by atoms with Crippen LogP contribution in [-0.4, -0.2) is 0 Å². The van der Waals surface area contributed by atoms with E-state index < -0.39 is 0 Å². The number of benzene rings is 6. The van der Waals surface area contributed by atoms with E-state index in [-0.39, 0.29) is 0 Å². The van der Waals surface area contributed by atoms with E-state index in [0.717, 1.165) is 46.5 Å². The molecule has 0 aromatic heterocycles. The van der Waals surface area contributed by atoms with Gasteiger partial charge in [-0.1, -0.05) is 115 Å². The van der Waals surface area contributed by atoms with Gasteiger partial charge in [0, 0.05) is 17.1 Å². The van der Waals surface area contributed by atoms with Gasteiger partial charge < -0.3 is 4.90 Å². The Morgan fingerprint density at radius 3 is 1.86 bits per heavy atom. The van der Waals surface area contributed by atoms with E-state index in [1.807, 2.05) is 54.6 Å². The second kappa shape index (κ2) is 12.6. The number of allylic oxidation sites excluding steroid dienone is 5. The fraction of sp³-hybridized carbons (Fsp3) is 0.0833. The van der Waals surface area contributed by atoms with Crippen LogP contribution in [0.3, 0.4) is 0 Å². The van der Waals surface area contributed by atoms with E-state index in [9.17, 15) is 10.5 Å². The highest BCUT2D eigenvalue weighted by Gasteiger charge is 2.35. The van der Waals surface area contributed by atoms with Crippen molar-refractivity contribution in [3.63, 3.8) is 0 Å². The first-order chi connectivity index (χ1) is 25.2. The summed E-state index contributed by atoms with van der Waals surface area (Å²) < 4.78 is 0. The zero-order chi connectivity index (χ0) is 34.3. The summed E-state index contributed by atoms with van der Waals surface area (Å²) in [6, 6.07) is 52.9. The summed E-state index contributed by atoms with van der Waals surface area (Å²) in [6.07, 6.45) is 11.2. The van der Waals surface area contributed by atoms with Crippen molar-refractivity contribution in [1.82, 2.24) is 0 Å².